The third-order valence-corrected chi connectivity index (χ3v) is 2.34. The lowest BCUT2D eigenvalue weighted by Gasteiger charge is -1.85. The molecule has 0 aromatic heterocycles. The van der Waals surface area contributed by atoms with E-state index in [1.165, 1.54) is 25.9 Å². The van der Waals surface area contributed by atoms with Crippen LogP contribution in [0.25, 0.3) is 0 Å². The molecule has 1 fully saturated rings. The molecule has 0 radical (unpaired) electrons. The Balaban J connectivity index is 0.000000211. The van der Waals surface area contributed by atoms with Crippen molar-refractivity contribution in [3.8, 4) is 0 Å². The minimum absolute atomic E-state index is 0.132. The fourth-order valence-corrected chi connectivity index (χ4v) is 1.40. The molecule has 0 amide bonds. The first-order valence-corrected chi connectivity index (χ1v) is 5.83. The molecule has 74 valence electrons. The van der Waals surface area contributed by atoms with Crippen LogP contribution in [0.5, 0.6) is 0 Å². The third-order valence-electron chi connectivity index (χ3n) is 1.42. The highest BCUT2D eigenvalue weighted by atomic mass is 32.2. The van der Waals surface area contributed by atoms with Gasteiger partial charge in [0.2, 0.25) is 0 Å². The summed E-state index contributed by atoms with van der Waals surface area (Å²) in [6.07, 6.45) is 3.25. The zero-order chi connectivity index (χ0) is 9.45. The third kappa shape index (κ3) is 9.87. The second-order valence-corrected chi connectivity index (χ2v) is 4.32. The van der Waals surface area contributed by atoms with E-state index in [0.29, 0.717) is 6.42 Å². The molecule has 0 saturated carbocycles. The topological polar surface area (TPSA) is 66.4 Å². The highest BCUT2D eigenvalue weighted by Gasteiger charge is 1.98. The molecule has 1 heterocycles. The van der Waals surface area contributed by atoms with Crippen molar-refractivity contribution in [2.45, 2.75) is 26.2 Å². The van der Waals surface area contributed by atoms with Crippen LogP contribution in [0.1, 0.15) is 26.2 Å². The molecule has 0 aromatic carbocycles. The van der Waals surface area contributed by atoms with Gasteiger partial charge >= 0.3 is 0 Å². The van der Waals surface area contributed by atoms with Crippen LogP contribution < -0.4 is 5.32 Å². The van der Waals surface area contributed by atoms with Crippen molar-refractivity contribution in [2.24, 2.45) is 0 Å². The van der Waals surface area contributed by atoms with E-state index in [2.05, 4.69) is 5.32 Å². The van der Waals surface area contributed by atoms with Crippen LogP contribution in [0.3, 0.4) is 0 Å². The zero-order valence-electron chi connectivity index (χ0n) is 7.41. The normalized spacial score (nSPS) is 16.8. The lowest BCUT2D eigenvalue weighted by Crippen LogP contribution is -2.03. The summed E-state index contributed by atoms with van der Waals surface area (Å²) in [6, 6.07) is 0. The van der Waals surface area contributed by atoms with Crippen LogP contribution in [0.4, 0.5) is 0 Å². The van der Waals surface area contributed by atoms with Crippen LogP contribution in [0.15, 0.2) is 0 Å². The summed E-state index contributed by atoms with van der Waals surface area (Å²) in [5.41, 5.74) is 0. The molecule has 0 unspecified atom stereocenters. The van der Waals surface area contributed by atoms with Crippen LogP contribution >= 0.6 is 0 Å². The molecule has 12 heavy (non-hydrogen) atoms. The van der Waals surface area contributed by atoms with Crippen LogP contribution in [-0.4, -0.2) is 31.8 Å². The van der Waals surface area contributed by atoms with Gasteiger partial charge in [-0.25, -0.2) is 0 Å². The largest absolute Gasteiger partial charge is 0.317 e. The standard InChI is InChI=1S/C4H9N.C3H8O3S/c1-2-4-5-3-1;1-2-3-7(4,5)6/h5H,1-4H2;2-3H2,1H3,(H,4,5,6). The SMILES string of the molecule is C1CCNC1.CCCS(=O)(=O)O. The molecule has 0 aliphatic carbocycles. The van der Waals surface area contributed by atoms with E-state index in [9.17, 15) is 8.42 Å². The maximum absolute atomic E-state index is 9.79. The molecule has 1 saturated heterocycles. The van der Waals surface area contributed by atoms with Gasteiger partial charge in [0.1, 0.15) is 0 Å². The highest BCUT2D eigenvalue weighted by Crippen LogP contribution is 1.90. The van der Waals surface area contributed by atoms with Gasteiger partial charge in [-0.1, -0.05) is 6.92 Å². The summed E-state index contributed by atoms with van der Waals surface area (Å²) in [5, 5.41) is 3.22. The van der Waals surface area contributed by atoms with Gasteiger partial charge in [0.15, 0.2) is 0 Å². The summed E-state index contributed by atoms with van der Waals surface area (Å²) in [7, 11) is -3.67. The average Bonchev–Trinajstić information content (AvgIpc) is 2.38. The Kier molecular flexibility index (Phi) is 6.32. The Morgan fingerprint density at radius 1 is 1.33 bits per heavy atom. The molecule has 0 atom stereocenters. The van der Waals surface area contributed by atoms with Crippen molar-refractivity contribution < 1.29 is 13.0 Å². The van der Waals surface area contributed by atoms with Gasteiger partial charge in [0.05, 0.1) is 5.75 Å². The molecule has 0 spiro atoms. The van der Waals surface area contributed by atoms with Crippen molar-refractivity contribution >= 4 is 10.1 Å². The number of hydrogen-bond donors (Lipinski definition) is 2. The second kappa shape index (κ2) is 6.39. The maximum atomic E-state index is 9.79. The molecular formula is C7H17NO3S. The molecular weight excluding hydrogens is 178 g/mol. The lowest BCUT2D eigenvalue weighted by atomic mass is 10.4. The van der Waals surface area contributed by atoms with Crippen molar-refractivity contribution in [2.75, 3.05) is 18.8 Å². The molecule has 1 rings (SSSR count). The van der Waals surface area contributed by atoms with Gasteiger partial charge in [0, 0.05) is 0 Å². The summed E-state index contributed by atoms with van der Waals surface area (Å²) in [6.45, 7) is 4.19. The van der Waals surface area contributed by atoms with Gasteiger partial charge < -0.3 is 5.32 Å². The Bertz CT molecular complexity index is 177. The Hall–Kier alpha value is -0.130. The predicted molar refractivity (Wildman–Crippen MR) is 48.8 cm³/mol. The molecule has 1 aliphatic heterocycles. The molecule has 0 aromatic rings. The van der Waals surface area contributed by atoms with E-state index < -0.39 is 10.1 Å². The quantitative estimate of drug-likeness (QED) is 0.635. The molecule has 5 heteroatoms. The first-order valence-electron chi connectivity index (χ1n) is 4.22. The fourth-order valence-electron chi connectivity index (χ4n) is 0.883. The highest BCUT2D eigenvalue weighted by molar-refractivity contribution is 7.85. The molecule has 4 nitrogen and oxygen atoms in total. The zero-order valence-corrected chi connectivity index (χ0v) is 8.23. The summed E-state index contributed by atoms with van der Waals surface area (Å²) >= 11 is 0. The number of nitrogens with one attached hydrogen (secondary N) is 1. The van der Waals surface area contributed by atoms with E-state index in [0.717, 1.165) is 0 Å². The van der Waals surface area contributed by atoms with Crippen LogP contribution in [0, 0.1) is 0 Å². The fraction of sp³-hybridized carbons (Fsp3) is 1.00. The average molecular weight is 195 g/mol. The van der Waals surface area contributed by atoms with Gasteiger partial charge in [0.25, 0.3) is 10.1 Å². The Morgan fingerprint density at radius 3 is 1.92 bits per heavy atom. The first-order chi connectivity index (χ1) is 5.56. The Labute approximate surface area is 74.1 Å². The summed E-state index contributed by atoms with van der Waals surface area (Å²) in [4.78, 5) is 0. The number of rotatable bonds is 2. The monoisotopic (exact) mass is 195 g/mol. The molecule has 2 N–H and O–H groups in total. The first kappa shape index (κ1) is 11.9. The summed E-state index contributed by atoms with van der Waals surface area (Å²) in [5.74, 6) is -0.132. The van der Waals surface area contributed by atoms with E-state index >= 15 is 0 Å². The van der Waals surface area contributed by atoms with Gasteiger partial charge in [-0.05, 0) is 32.4 Å². The van der Waals surface area contributed by atoms with Crippen molar-refractivity contribution in [3.63, 3.8) is 0 Å². The molecule has 1 aliphatic rings. The predicted octanol–water partition coefficient (Wildman–Crippen LogP) is 0.654. The van der Waals surface area contributed by atoms with Gasteiger partial charge in [-0.3, -0.25) is 4.55 Å². The van der Waals surface area contributed by atoms with Crippen LogP contribution in [-0.2, 0) is 10.1 Å². The minimum Gasteiger partial charge on any atom is -0.317 e. The van der Waals surface area contributed by atoms with E-state index in [4.69, 9.17) is 4.55 Å². The van der Waals surface area contributed by atoms with Crippen molar-refractivity contribution in [1.29, 1.82) is 0 Å². The lowest BCUT2D eigenvalue weighted by molar-refractivity contribution is 0.482. The minimum atomic E-state index is -3.67. The van der Waals surface area contributed by atoms with Crippen molar-refractivity contribution in [1.82, 2.24) is 5.32 Å². The molecule has 0 bridgehead atoms. The van der Waals surface area contributed by atoms with Crippen molar-refractivity contribution in [3.05, 3.63) is 0 Å². The van der Waals surface area contributed by atoms with E-state index in [-0.39, 0.29) is 5.75 Å². The van der Waals surface area contributed by atoms with E-state index in [1.54, 1.807) is 6.92 Å². The smallest absolute Gasteiger partial charge is 0.264 e. The number of hydrogen-bond acceptors (Lipinski definition) is 3. The maximum Gasteiger partial charge on any atom is 0.264 e. The van der Waals surface area contributed by atoms with Gasteiger partial charge in [-0.15, -0.1) is 0 Å². The van der Waals surface area contributed by atoms with E-state index in [1.807, 2.05) is 0 Å². The summed E-state index contributed by atoms with van der Waals surface area (Å²) < 4.78 is 27.6. The Morgan fingerprint density at radius 2 is 1.83 bits per heavy atom. The van der Waals surface area contributed by atoms with Gasteiger partial charge in [-0.2, -0.15) is 8.42 Å². The van der Waals surface area contributed by atoms with Crippen LogP contribution in [0.2, 0.25) is 0 Å². The second-order valence-electron chi connectivity index (χ2n) is 2.74.